The van der Waals surface area contributed by atoms with Crippen LogP contribution >= 0.6 is 0 Å². The summed E-state index contributed by atoms with van der Waals surface area (Å²) in [6.45, 7) is 2.22. The molecule has 0 aromatic heterocycles. The van der Waals surface area contributed by atoms with Crippen LogP contribution in [0.5, 0.6) is 0 Å². The van der Waals surface area contributed by atoms with Crippen molar-refractivity contribution in [2.75, 3.05) is 19.6 Å². The lowest BCUT2D eigenvalue weighted by Gasteiger charge is -2.40. The summed E-state index contributed by atoms with van der Waals surface area (Å²) in [5, 5.41) is 10.9. The van der Waals surface area contributed by atoms with Crippen molar-refractivity contribution in [2.24, 2.45) is 0 Å². The number of piperidine rings is 1. The van der Waals surface area contributed by atoms with E-state index in [0.717, 1.165) is 5.56 Å². The maximum atomic E-state index is 13.4. The van der Waals surface area contributed by atoms with Gasteiger partial charge in [0.2, 0.25) is 5.91 Å². The predicted octanol–water partition coefficient (Wildman–Crippen LogP) is 6.62. The van der Waals surface area contributed by atoms with E-state index in [4.69, 9.17) is 9.84 Å². The van der Waals surface area contributed by atoms with Gasteiger partial charge in [-0.2, -0.15) is 26.3 Å². The fraction of sp³-hybridized carbons (Fsp3) is 0.481. The number of halogens is 6. The molecule has 2 aromatic carbocycles. The highest BCUT2D eigenvalue weighted by Gasteiger charge is 2.38. The zero-order valence-corrected chi connectivity index (χ0v) is 21.2. The van der Waals surface area contributed by atoms with Crippen LogP contribution < -0.4 is 5.32 Å². The highest BCUT2D eigenvalue weighted by molar-refractivity contribution is 5.76. The van der Waals surface area contributed by atoms with Gasteiger partial charge in [0.05, 0.1) is 23.3 Å². The first-order chi connectivity index (χ1) is 18.3. The second-order valence-corrected chi connectivity index (χ2v) is 9.49. The summed E-state index contributed by atoms with van der Waals surface area (Å²) in [6.07, 6.45) is -11.2. The van der Waals surface area contributed by atoms with E-state index in [2.05, 4.69) is 5.32 Å². The molecule has 0 bridgehead atoms. The van der Waals surface area contributed by atoms with E-state index in [-0.39, 0.29) is 43.0 Å². The van der Waals surface area contributed by atoms with Crippen LogP contribution in [0.15, 0.2) is 48.5 Å². The van der Waals surface area contributed by atoms with Crippen molar-refractivity contribution in [3.63, 3.8) is 0 Å². The van der Waals surface area contributed by atoms with Crippen LogP contribution in [-0.4, -0.2) is 47.7 Å². The Bertz CT molecular complexity index is 1090. The van der Waals surface area contributed by atoms with E-state index in [1.807, 2.05) is 12.1 Å². The first-order valence-electron chi connectivity index (χ1n) is 12.5. The van der Waals surface area contributed by atoms with Crippen LogP contribution in [-0.2, 0) is 21.9 Å². The van der Waals surface area contributed by atoms with Gasteiger partial charge in [-0.15, -0.1) is 0 Å². The zero-order valence-electron chi connectivity index (χ0n) is 21.2. The van der Waals surface area contributed by atoms with E-state index >= 15 is 0 Å². The Morgan fingerprint density at radius 1 is 1.03 bits per heavy atom. The number of ether oxygens (including phenoxy) is 1. The number of unbranched alkanes of at least 4 members (excludes halogenated alkanes) is 1. The zero-order chi connectivity index (χ0) is 28.8. The van der Waals surface area contributed by atoms with Gasteiger partial charge in [0.25, 0.3) is 0 Å². The largest absolute Gasteiger partial charge is 0.465 e. The molecule has 214 valence electrons. The molecule has 1 heterocycles. The molecular formula is C27H30F6N2O4. The van der Waals surface area contributed by atoms with E-state index in [1.54, 1.807) is 23.1 Å². The first-order valence-corrected chi connectivity index (χ1v) is 12.5. The van der Waals surface area contributed by atoms with E-state index in [9.17, 15) is 35.9 Å². The Morgan fingerprint density at radius 3 is 2.21 bits per heavy atom. The Kier molecular flexibility index (Phi) is 9.87. The fourth-order valence-electron chi connectivity index (χ4n) is 4.65. The van der Waals surface area contributed by atoms with Gasteiger partial charge in [0.1, 0.15) is 0 Å². The van der Waals surface area contributed by atoms with Crippen LogP contribution in [0.25, 0.3) is 0 Å². The number of carbonyl (C=O) groups is 2. The third-order valence-electron chi connectivity index (χ3n) is 6.68. The molecule has 0 aliphatic carbocycles. The summed E-state index contributed by atoms with van der Waals surface area (Å²) in [7, 11) is 0. The molecule has 6 nitrogen and oxygen atoms in total. The fourth-order valence-corrected chi connectivity index (χ4v) is 4.65. The van der Waals surface area contributed by atoms with Crippen LogP contribution in [0.4, 0.5) is 31.1 Å². The quantitative estimate of drug-likeness (QED) is 0.267. The molecule has 0 spiro atoms. The number of alkyl halides is 6. The number of hydrogen-bond acceptors (Lipinski definition) is 3. The Labute approximate surface area is 221 Å². The third kappa shape index (κ3) is 8.61. The number of rotatable bonds is 9. The maximum absolute atomic E-state index is 13.4. The summed E-state index contributed by atoms with van der Waals surface area (Å²) >= 11 is 0. The summed E-state index contributed by atoms with van der Waals surface area (Å²) in [5.74, 6) is -0.474. The molecular weight excluding hydrogens is 530 g/mol. The Balaban J connectivity index is 1.76. The number of amides is 2. The molecule has 1 saturated heterocycles. The van der Waals surface area contributed by atoms with E-state index in [1.165, 1.54) is 6.92 Å². The van der Waals surface area contributed by atoms with Gasteiger partial charge >= 0.3 is 18.4 Å². The smallest absolute Gasteiger partial charge is 0.416 e. The Hall–Kier alpha value is -3.28. The minimum absolute atomic E-state index is 0.0881. The lowest BCUT2D eigenvalue weighted by molar-refractivity contribution is -0.143. The summed E-state index contributed by atoms with van der Waals surface area (Å²) < 4.78 is 86.2. The molecule has 3 atom stereocenters. The molecule has 1 aliphatic rings. The number of carboxylic acid groups (broad SMARTS) is 1. The van der Waals surface area contributed by atoms with Gasteiger partial charge in [-0.1, -0.05) is 30.3 Å². The average Bonchev–Trinajstić information content (AvgIpc) is 2.87. The van der Waals surface area contributed by atoms with Gasteiger partial charge in [-0.3, -0.25) is 4.79 Å². The second kappa shape index (κ2) is 12.7. The average molecular weight is 561 g/mol. The van der Waals surface area contributed by atoms with Crippen molar-refractivity contribution in [3.05, 3.63) is 70.8 Å². The topological polar surface area (TPSA) is 78.9 Å². The highest BCUT2D eigenvalue weighted by atomic mass is 19.4. The molecule has 0 unspecified atom stereocenters. The maximum Gasteiger partial charge on any atom is 0.416 e. The number of benzene rings is 2. The van der Waals surface area contributed by atoms with Crippen molar-refractivity contribution in [1.29, 1.82) is 0 Å². The molecule has 0 saturated carbocycles. The van der Waals surface area contributed by atoms with Crippen LogP contribution in [0.2, 0.25) is 0 Å². The van der Waals surface area contributed by atoms with Gasteiger partial charge < -0.3 is 20.1 Å². The lowest BCUT2D eigenvalue weighted by atomic mass is 9.87. The van der Waals surface area contributed by atoms with E-state index < -0.39 is 41.8 Å². The van der Waals surface area contributed by atoms with Crippen molar-refractivity contribution in [3.8, 4) is 0 Å². The summed E-state index contributed by atoms with van der Waals surface area (Å²) in [4.78, 5) is 25.0. The molecule has 12 heteroatoms. The van der Waals surface area contributed by atoms with Crippen molar-refractivity contribution < 1.29 is 45.8 Å². The minimum Gasteiger partial charge on any atom is -0.465 e. The molecule has 3 rings (SSSR count). The normalized spacial score (nSPS) is 19.0. The minimum atomic E-state index is -4.96. The number of nitrogens with zero attached hydrogens (tertiary/aromatic N) is 1. The molecule has 1 aliphatic heterocycles. The molecule has 1 fully saturated rings. The predicted molar refractivity (Wildman–Crippen MR) is 130 cm³/mol. The third-order valence-corrected chi connectivity index (χ3v) is 6.68. The number of nitrogens with one attached hydrogen (secondary N) is 1. The van der Waals surface area contributed by atoms with Crippen molar-refractivity contribution >= 4 is 12.0 Å². The van der Waals surface area contributed by atoms with Gasteiger partial charge in [0, 0.05) is 32.0 Å². The van der Waals surface area contributed by atoms with Gasteiger partial charge in [0.15, 0.2) is 0 Å². The first kappa shape index (κ1) is 30.3. The van der Waals surface area contributed by atoms with Gasteiger partial charge in [-0.05, 0) is 55.5 Å². The summed E-state index contributed by atoms with van der Waals surface area (Å²) in [5.41, 5.74) is -2.21. The van der Waals surface area contributed by atoms with Crippen molar-refractivity contribution in [1.82, 2.24) is 10.2 Å². The number of carbonyl (C=O) groups excluding carboxylic acids is 1. The molecule has 2 aromatic rings. The van der Waals surface area contributed by atoms with Crippen LogP contribution in [0, 0.1) is 0 Å². The van der Waals surface area contributed by atoms with E-state index in [0.29, 0.717) is 37.9 Å². The molecule has 2 amide bonds. The molecule has 39 heavy (non-hydrogen) atoms. The van der Waals surface area contributed by atoms with Gasteiger partial charge in [-0.25, -0.2) is 4.79 Å². The highest BCUT2D eigenvalue weighted by Crippen LogP contribution is 2.39. The van der Waals surface area contributed by atoms with Crippen LogP contribution in [0.3, 0.4) is 0 Å². The van der Waals surface area contributed by atoms with Crippen LogP contribution in [0.1, 0.15) is 66.9 Å². The monoisotopic (exact) mass is 560 g/mol. The second-order valence-electron chi connectivity index (χ2n) is 9.49. The number of hydrogen-bond donors (Lipinski definition) is 2. The molecule has 2 N–H and O–H groups in total. The van der Waals surface area contributed by atoms with Crippen molar-refractivity contribution in [2.45, 2.75) is 63.1 Å². The summed E-state index contributed by atoms with van der Waals surface area (Å²) in [6, 6.07) is 10.5. The number of likely N-dealkylation sites (tertiary alicyclic amines) is 1. The lowest BCUT2D eigenvalue weighted by Crippen LogP contribution is -2.46. The molecule has 0 radical (unpaired) electrons. The standard InChI is InChI=1S/C27H30F6N2O4/c1-17(19-13-20(26(28,29)30)15-21(14-19)27(31,32)33)39-23-10-12-35(16-22(23)18-7-3-2-4-8-18)24(36)9-5-6-11-34-25(37)38/h2-4,7-8,13-15,17,22-23,34H,5-6,9-12,16H2,1H3,(H,37,38)/t17-,22+,23+/m1/s1. The Morgan fingerprint density at radius 2 is 1.64 bits per heavy atom. The SMILES string of the molecule is C[C@@H](O[C@H]1CCN(C(=O)CCCCNC(=O)O)C[C@H]1c1ccccc1)c1cc(C(F)(F)F)cc(C(F)(F)F)c1.